The third-order valence-electron chi connectivity index (χ3n) is 3.11. The quantitative estimate of drug-likeness (QED) is 0.897. The molecule has 104 valence electrons. The SMILES string of the molecule is Cc1cc(NC(=O)c2ocnc2C)cc(C(=O)O)c1C. The maximum atomic E-state index is 12.0. The number of aryl methyl sites for hydroxylation is 2. The molecule has 0 aliphatic carbocycles. The van der Waals surface area contributed by atoms with E-state index in [1.807, 2.05) is 0 Å². The molecule has 1 aromatic heterocycles. The number of carboxylic acid groups (broad SMARTS) is 1. The van der Waals surface area contributed by atoms with Crippen molar-refractivity contribution in [3.63, 3.8) is 0 Å². The third-order valence-corrected chi connectivity index (χ3v) is 3.11. The van der Waals surface area contributed by atoms with Crippen LogP contribution >= 0.6 is 0 Å². The number of rotatable bonds is 3. The molecule has 6 nitrogen and oxygen atoms in total. The summed E-state index contributed by atoms with van der Waals surface area (Å²) < 4.78 is 4.99. The van der Waals surface area contributed by atoms with Crippen LogP contribution in [0, 0.1) is 20.8 Å². The Morgan fingerprint density at radius 1 is 1.25 bits per heavy atom. The zero-order valence-electron chi connectivity index (χ0n) is 11.4. The number of oxazole rings is 1. The summed E-state index contributed by atoms with van der Waals surface area (Å²) in [7, 11) is 0. The van der Waals surface area contributed by atoms with E-state index in [1.165, 1.54) is 12.5 Å². The second-order valence-electron chi connectivity index (χ2n) is 4.49. The van der Waals surface area contributed by atoms with Gasteiger partial charge in [0.1, 0.15) is 0 Å². The highest BCUT2D eigenvalue weighted by Gasteiger charge is 2.16. The van der Waals surface area contributed by atoms with Crippen LogP contribution < -0.4 is 5.32 Å². The molecule has 1 amide bonds. The first-order chi connectivity index (χ1) is 9.40. The van der Waals surface area contributed by atoms with E-state index in [-0.39, 0.29) is 11.3 Å². The van der Waals surface area contributed by atoms with Gasteiger partial charge in [0, 0.05) is 5.69 Å². The molecule has 0 saturated carbocycles. The van der Waals surface area contributed by atoms with E-state index in [0.29, 0.717) is 16.9 Å². The van der Waals surface area contributed by atoms with Crippen molar-refractivity contribution in [3.05, 3.63) is 46.7 Å². The van der Waals surface area contributed by atoms with Gasteiger partial charge < -0.3 is 14.8 Å². The van der Waals surface area contributed by atoms with Crippen LogP contribution in [0.25, 0.3) is 0 Å². The average Bonchev–Trinajstić information content (AvgIpc) is 2.79. The van der Waals surface area contributed by atoms with Crippen molar-refractivity contribution >= 4 is 17.6 Å². The molecular weight excluding hydrogens is 260 g/mol. The van der Waals surface area contributed by atoms with Gasteiger partial charge in [0.2, 0.25) is 5.76 Å². The number of anilines is 1. The third kappa shape index (κ3) is 2.54. The predicted octanol–water partition coefficient (Wildman–Crippen LogP) is 2.55. The Morgan fingerprint density at radius 3 is 2.50 bits per heavy atom. The summed E-state index contributed by atoms with van der Waals surface area (Å²) in [5.41, 5.74) is 2.51. The highest BCUT2D eigenvalue weighted by Crippen LogP contribution is 2.21. The number of hydrogen-bond acceptors (Lipinski definition) is 4. The Kier molecular flexibility index (Phi) is 3.56. The van der Waals surface area contributed by atoms with E-state index in [4.69, 9.17) is 9.52 Å². The minimum atomic E-state index is -1.03. The molecule has 2 rings (SSSR count). The van der Waals surface area contributed by atoms with E-state index >= 15 is 0 Å². The fourth-order valence-corrected chi connectivity index (χ4v) is 1.86. The summed E-state index contributed by atoms with van der Waals surface area (Å²) in [6.07, 6.45) is 1.19. The van der Waals surface area contributed by atoms with Crippen molar-refractivity contribution in [2.24, 2.45) is 0 Å². The van der Waals surface area contributed by atoms with E-state index < -0.39 is 11.9 Å². The molecule has 0 radical (unpaired) electrons. The van der Waals surface area contributed by atoms with Gasteiger partial charge in [-0.25, -0.2) is 9.78 Å². The topological polar surface area (TPSA) is 92.4 Å². The molecule has 0 fully saturated rings. The van der Waals surface area contributed by atoms with Gasteiger partial charge >= 0.3 is 5.97 Å². The number of nitrogens with one attached hydrogen (secondary N) is 1. The van der Waals surface area contributed by atoms with Gasteiger partial charge in [-0.2, -0.15) is 0 Å². The summed E-state index contributed by atoms with van der Waals surface area (Å²) in [5, 5.41) is 11.7. The molecule has 1 aromatic carbocycles. The molecule has 0 aliphatic heterocycles. The van der Waals surface area contributed by atoms with Gasteiger partial charge in [-0.1, -0.05) is 0 Å². The van der Waals surface area contributed by atoms with E-state index in [2.05, 4.69) is 10.3 Å². The van der Waals surface area contributed by atoms with Crippen LogP contribution in [0.15, 0.2) is 22.9 Å². The molecule has 0 unspecified atom stereocenters. The van der Waals surface area contributed by atoms with Crippen LogP contribution in [0.5, 0.6) is 0 Å². The fraction of sp³-hybridized carbons (Fsp3) is 0.214. The number of carbonyl (C=O) groups excluding carboxylic acids is 1. The summed E-state index contributed by atoms with van der Waals surface area (Å²) >= 11 is 0. The molecule has 0 spiro atoms. The molecule has 0 saturated heterocycles. The Hall–Kier alpha value is -2.63. The van der Waals surface area contributed by atoms with Crippen LogP contribution in [-0.2, 0) is 0 Å². The van der Waals surface area contributed by atoms with Crippen molar-refractivity contribution in [1.82, 2.24) is 4.98 Å². The lowest BCUT2D eigenvalue weighted by molar-refractivity contribution is 0.0695. The van der Waals surface area contributed by atoms with Crippen LogP contribution in [0.1, 0.15) is 37.7 Å². The highest BCUT2D eigenvalue weighted by atomic mass is 16.4. The molecular formula is C14H14N2O4. The second kappa shape index (κ2) is 5.16. The summed E-state index contributed by atoms with van der Waals surface area (Å²) in [4.78, 5) is 27.0. The Bertz CT molecular complexity index is 688. The molecule has 0 aliphatic rings. The first-order valence-electron chi connectivity index (χ1n) is 5.96. The maximum Gasteiger partial charge on any atom is 0.336 e. The number of aromatic nitrogens is 1. The van der Waals surface area contributed by atoms with Crippen molar-refractivity contribution in [1.29, 1.82) is 0 Å². The zero-order chi connectivity index (χ0) is 14.9. The monoisotopic (exact) mass is 274 g/mol. The lowest BCUT2D eigenvalue weighted by Gasteiger charge is -2.10. The van der Waals surface area contributed by atoms with E-state index in [9.17, 15) is 9.59 Å². The number of aromatic carboxylic acids is 1. The van der Waals surface area contributed by atoms with E-state index in [1.54, 1.807) is 26.8 Å². The normalized spacial score (nSPS) is 10.3. The van der Waals surface area contributed by atoms with Gasteiger partial charge in [-0.3, -0.25) is 4.79 Å². The van der Waals surface area contributed by atoms with Gasteiger partial charge in [0.05, 0.1) is 11.3 Å². The molecule has 2 N–H and O–H groups in total. The summed E-state index contributed by atoms with van der Waals surface area (Å²) in [6.45, 7) is 5.17. The Morgan fingerprint density at radius 2 is 1.95 bits per heavy atom. The van der Waals surface area contributed by atoms with Crippen molar-refractivity contribution in [2.45, 2.75) is 20.8 Å². The minimum Gasteiger partial charge on any atom is -0.478 e. The van der Waals surface area contributed by atoms with Crippen LogP contribution in [0.3, 0.4) is 0 Å². The Labute approximate surface area is 115 Å². The first kappa shape index (κ1) is 13.8. The summed E-state index contributed by atoms with van der Waals surface area (Å²) in [5.74, 6) is -1.38. The van der Waals surface area contributed by atoms with Crippen molar-refractivity contribution < 1.29 is 19.1 Å². The van der Waals surface area contributed by atoms with Crippen LogP contribution in [0.4, 0.5) is 5.69 Å². The molecule has 0 bridgehead atoms. The fourth-order valence-electron chi connectivity index (χ4n) is 1.86. The minimum absolute atomic E-state index is 0.111. The smallest absolute Gasteiger partial charge is 0.336 e. The standard InChI is InChI=1S/C14H14N2O4/c1-7-4-10(5-11(8(7)2)14(18)19)16-13(17)12-9(3)15-6-20-12/h4-6H,1-3H3,(H,16,17)(H,18,19). The van der Waals surface area contributed by atoms with Crippen molar-refractivity contribution in [2.75, 3.05) is 5.32 Å². The lowest BCUT2D eigenvalue weighted by atomic mass is 10.0. The van der Waals surface area contributed by atoms with Crippen LogP contribution in [-0.4, -0.2) is 22.0 Å². The van der Waals surface area contributed by atoms with E-state index in [0.717, 1.165) is 5.56 Å². The number of benzene rings is 1. The largest absolute Gasteiger partial charge is 0.478 e. The first-order valence-corrected chi connectivity index (χ1v) is 5.96. The Balaban J connectivity index is 2.33. The zero-order valence-corrected chi connectivity index (χ0v) is 11.4. The van der Waals surface area contributed by atoms with Gasteiger partial charge in [-0.15, -0.1) is 0 Å². The second-order valence-corrected chi connectivity index (χ2v) is 4.49. The molecule has 1 heterocycles. The molecule has 0 atom stereocenters. The summed E-state index contributed by atoms with van der Waals surface area (Å²) in [6, 6.07) is 3.14. The molecule has 6 heteroatoms. The lowest BCUT2D eigenvalue weighted by Crippen LogP contribution is -2.13. The van der Waals surface area contributed by atoms with Gasteiger partial charge in [-0.05, 0) is 44.0 Å². The van der Waals surface area contributed by atoms with Crippen molar-refractivity contribution in [3.8, 4) is 0 Å². The van der Waals surface area contributed by atoms with Gasteiger partial charge in [0.25, 0.3) is 5.91 Å². The van der Waals surface area contributed by atoms with Crippen LogP contribution in [0.2, 0.25) is 0 Å². The predicted molar refractivity (Wildman–Crippen MR) is 72.1 cm³/mol. The maximum absolute atomic E-state index is 12.0. The average molecular weight is 274 g/mol. The molecule has 20 heavy (non-hydrogen) atoms. The number of hydrogen-bond donors (Lipinski definition) is 2. The number of nitrogens with zero attached hydrogens (tertiary/aromatic N) is 1. The number of carbonyl (C=O) groups is 2. The van der Waals surface area contributed by atoms with Gasteiger partial charge in [0.15, 0.2) is 6.39 Å². The molecule has 2 aromatic rings. The number of amides is 1. The highest BCUT2D eigenvalue weighted by molar-refractivity contribution is 6.03. The number of carboxylic acids is 1.